The molecule has 0 saturated carbocycles. The zero-order valence-corrected chi connectivity index (χ0v) is 9.75. The van der Waals surface area contributed by atoms with Crippen molar-refractivity contribution in [2.45, 2.75) is 25.3 Å². The summed E-state index contributed by atoms with van der Waals surface area (Å²) in [5.41, 5.74) is -0.265. The molecule has 0 aromatic carbocycles. The number of aromatic amines is 1. The summed E-state index contributed by atoms with van der Waals surface area (Å²) < 4.78 is 0. The van der Waals surface area contributed by atoms with Crippen LogP contribution in [0.15, 0.2) is 17.2 Å². The summed E-state index contributed by atoms with van der Waals surface area (Å²) in [5, 5.41) is 6.21. The van der Waals surface area contributed by atoms with Crippen LogP contribution in [0.25, 0.3) is 0 Å². The molecule has 3 N–H and O–H groups in total. The second-order valence-corrected chi connectivity index (χ2v) is 4.56. The van der Waals surface area contributed by atoms with Crippen LogP contribution >= 0.6 is 0 Å². The normalized spacial score (nSPS) is 18.6. The van der Waals surface area contributed by atoms with E-state index in [1.54, 1.807) is 0 Å². The van der Waals surface area contributed by atoms with Crippen molar-refractivity contribution in [3.05, 3.63) is 28.4 Å². The molecule has 0 unspecified atom stereocenters. The summed E-state index contributed by atoms with van der Waals surface area (Å²) in [6.07, 6.45) is 4.23. The van der Waals surface area contributed by atoms with Crippen LogP contribution in [0.5, 0.6) is 0 Å². The summed E-state index contributed by atoms with van der Waals surface area (Å²) in [7, 11) is 0. The third-order valence-electron chi connectivity index (χ3n) is 3.03. The number of aromatic nitrogens is 2. The molecule has 1 aromatic heterocycles. The number of nitrogens with zero attached hydrogens (tertiary/aromatic N) is 1. The Balaban J connectivity index is 2.05. The highest BCUT2D eigenvalue weighted by Gasteiger charge is 2.28. The molecule has 0 aliphatic carbocycles. The number of rotatable bonds is 2. The van der Waals surface area contributed by atoms with Gasteiger partial charge in [-0.1, -0.05) is 0 Å². The Labute approximate surface area is 98.8 Å². The first-order chi connectivity index (χ1) is 8.09. The van der Waals surface area contributed by atoms with E-state index in [0.717, 1.165) is 32.1 Å². The van der Waals surface area contributed by atoms with Crippen molar-refractivity contribution < 1.29 is 4.79 Å². The summed E-state index contributed by atoms with van der Waals surface area (Å²) in [5.74, 6) is -0.245. The number of hydrogen-bond donors (Lipinski definition) is 3. The van der Waals surface area contributed by atoms with E-state index in [-0.39, 0.29) is 22.7 Å². The summed E-state index contributed by atoms with van der Waals surface area (Å²) >= 11 is 0. The Bertz CT molecular complexity index is 442. The zero-order chi connectivity index (χ0) is 12.3. The zero-order valence-electron chi connectivity index (χ0n) is 9.75. The number of hydrogen-bond acceptors (Lipinski definition) is 4. The highest BCUT2D eigenvalue weighted by molar-refractivity contribution is 5.92. The van der Waals surface area contributed by atoms with Crippen molar-refractivity contribution in [1.82, 2.24) is 20.6 Å². The first-order valence-corrected chi connectivity index (χ1v) is 5.67. The molecule has 6 heteroatoms. The van der Waals surface area contributed by atoms with Crippen LogP contribution < -0.4 is 16.2 Å². The molecule has 2 rings (SSSR count). The van der Waals surface area contributed by atoms with Gasteiger partial charge in [-0.25, -0.2) is 4.98 Å². The first kappa shape index (κ1) is 11.8. The standard InChI is InChI=1S/C11H16N4O2/c1-11(2-4-12-5-3-11)15-10(17)8-6-14-9(16)7-13-8/h6-7,12H,2-5H2,1H3,(H,14,16)(H,15,17). The van der Waals surface area contributed by atoms with Crippen LogP contribution in [0, 0.1) is 0 Å². The molecular weight excluding hydrogens is 220 g/mol. The molecule has 0 radical (unpaired) electrons. The summed E-state index contributed by atoms with van der Waals surface area (Å²) in [6.45, 7) is 3.82. The van der Waals surface area contributed by atoms with Crippen LogP contribution in [0.1, 0.15) is 30.3 Å². The van der Waals surface area contributed by atoms with E-state index in [1.165, 1.54) is 6.20 Å². The van der Waals surface area contributed by atoms with E-state index >= 15 is 0 Å². The lowest BCUT2D eigenvalue weighted by atomic mass is 9.90. The molecule has 0 spiro atoms. The minimum atomic E-state index is -0.311. The molecule has 1 aliphatic rings. The average Bonchev–Trinajstić information content (AvgIpc) is 2.30. The SMILES string of the molecule is CC1(NC(=O)c2c[nH]c(=O)cn2)CCNCC1. The number of piperidine rings is 1. The minimum Gasteiger partial charge on any atom is -0.345 e. The van der Waals surface area contributed by atoms with Gasteiger partial charge in [0.15, 0.2) is 0 Å². The Morgan fingerprint density at radius 1 is 1.47 bits per heavy atom. The van der Waals surface area contributed by atoms with Crippen molar-refractivity contribution in [1.29, 1.82) is 0 Å². The van der Waals surface area contributed by atoms with Gasteiger partial charge >= 0.3 is 0 Å². The van der Waals surface area contributed by atoms with Crippen LogP contribution in [-0.2, 0) is 0 Å². The van der Waals surface area contributed by atoms with E-state index in [1.807, 2.05) is 6.92 Å². The fourth-order valence-corrected chi connectivity index (χ4v) is 1.91. The van der Waals surface area contributed by atoms with E-state index in [0.29, 0.717) is 0 Å². The van der Waals surface area contributed by atoms with Crippen LogP contribution in [0.4, 0.5) is 0 Å². The van der Waals surface area contributed by atoms with E-state index in [9.17, 15) is 9.59 Å². The monoisotopic (exact) mass is 236 g/mol. The number of carbonyl (C=O) groups excluding carboxylic acids is 1. The second kappa shape index (κ2) is 4.67. The largest absolute Gasteiger partial charge is 0.345 e. The lowest BCUT2D eigenvalue weighted by Crippen LogP contribution is -2.52. The molecule has 17 heavy (non-hydrogen) atoms. The molecule has 0 bridgehead atoms. The predicted molar refractivity (Wildman–Crippen MR) is 62.8 cm³/mol. The topological polar surface area (TPSA) is 86.9 Å². The molecule has 6 nitrogen and oxygen atoms in total. The number of carbonyl (C=O) groups is 1. The van der Waals surface area contributed by atoms with Crippen molar-refractivity contribution >= 4 is 5.91 Å². The molecule has 1 amide bonds. The maximum Gasteiger partial charge on any atom is 0.271 e. The molecule has 1 aliphatic heterocycles. The van der Waals surface area contributed by atoms with Gasteiger partial charge in [0.25, 0.3) is 11.5 Å². The summed E-state index contributed by atoms with van der Waals surface area (Å²) in [6, 6.07) is 0. The Morgan fingerprint density at radius 3 is 2.76 bits per heavy atom. The van der Waals surface area contributed by atoms with Crippen LogP contribution in [0.2, 0.25) is 0 Å². The molecule has 1 aromatic rings. The van der Waals surface area contributed by atoms with Gasteiger partial charge in [-0.05, 0) is 32.9 Å². The maximum atomic E-state index is 11.9. The fourth-order valence-electron chi connectivity index (χ4n) is 1.91. The van der Waals surface area contributed by atoms with E-state index in [2.05, 4.69) is 20.6 Å². The van der Waals surface area contributed by atoms with E-state index < -0.39 is 0 Å². The van der Waals surface area contributed by atoms with Crippen molar-refractivity contribution in [2.75, 3.05) is 13.1 Å². The highest BCUT2D eigenvalue weighted by atomic mass is 16.2. The Morgan fingerprint density at radius 2 is 2.18 bits per heavy atom. The second-order valence-electron chi connectivity index (χ2n) is 4.56. The lowest BCUT2D eigenvalue weighted by Gasteiger charge is -2.34. The van der Waals surface area contributed by atoms with Crippen LogP contribution in [-0.4, -0.2) is 34.5 Å². The molecule has 1 fully saturated rings. The highest BCUT2D eigenvalue weighted by Crippen LogP contribution is 2.17. The molecule has 1 saturated heterocycles. The van der Waals surface area contributed by atoms with Crippen molar-refractivity contribution in [2.24, 2.45) is 0 Å². The van der Waals surface area contributed by atoms with Gasteiger partial charge in [0.05, 0.1) is 6.20 Å². The number of nitrogens with one attached hydrogen (secondary N) is 3. The minimum absolute atomic E-state index is 0.194. The quantitative estimate of drug-likeness (QED) is 0.654. The molecule has 92 valence electrons. The van der Waals surface area contributed by atoms with Gasteiger partial charge in [-0.2, -0.15) is 0 Å². The van der Waals surface area contributed by atoms with Crippen molar-refractivity contribution in [3.63, 3.8) is 0 Å². The van der Waals surface area contributed by atoms with Gasteiger partial charge in [0.1, 0.15) is 5.69 Å². The summed E-state index contributed by atoms with van der Waals surface area (Å²) in [4.78, 5) is 29.0. The van der Waals surface area contributed by atoms with Crippen LogP contribution in [0.3, 0.4) is 0 Å². The predicted octanol–water partition coefficient (Wildman–Crippen LogP) is -0.358. The van der Waals surface area contributed by atoms with Gasteiger partial charge in [0, 0.05) is 11.7 Å². The third-order valence-corrected chi connectivity index (χ3v) is 3.03. The van der Waals surface area contributed by atoms with Crippen molar-refractivity contribution in [3.8, 4) is 0 Å². The third kappa shape index (κ3) is 2.91. The van der Waals surface area contributed by atoms with Gasteiger partial charge in [-0.3, -0.25) is 9.59 Å². The molecule has 2 heterocycles. The first-order valence-electron chi connectivity index (χ1n) is 5.67. The van der Waals surface area contributed by atoms with Gasteiger partial charge < -0.3 is 15.6 Å². The van der Waals surface area contributed by atoms with Gasteiger partial charge in [0.2, 0.25) is 0 Å². The Hall–Kier alpha value is -1.69. The van der Waals surface area contributed by atoms with E-state index in [4.69, 9.17) is 0 Å². The molecule has 0 atom stereocenters. The lowest BCUT2D eigenvalue weighted by molar-refractivity contribution is 0.0882. The smallest absolute Gasteiger partial charge is 0.271 e. The Kier molecular flexibility index (Phi) is 3.23. The number of H-pyrrole nitrogens is 1. The van der Waals surface area contributed by atoms with Gasteiger partial charge in [-0.15, -0.1) is 0 Å². The maximum absolute atomic E-state index is 11.9. The molecular formula is C11H16N4O2. The number of amides is 1. The fraction of sp³-hybridized carbons (Fsp3) is 0.545. The average molecular weight is 236 g/mol.